The lowest BCUT2D eigenvalue weighted by Crippen LogP contribution is -2.42. The molecule has 0 unspecified atom stereocenters. The van der Waals surface area contributed by atoms with E-state index < -0.39 is 5.82 Å². The first-order valence-electron chi connectivity index (χ1n) is 4.43. The van der Waals surface area contributed by atoms with Gasteiger partial charge in [0.05, 0.1) is 10.0 Å². The lowest BCUT2D eigenvalue weighted by molar-refractivity contribution is 0.0647. The van der Waals surface area contributed by atoms with Gasteiger partial charge in [0, 0.05) is 13.1 Å². The van der Waals surface area contributed by atoms with Crippen LogP contribution in [0.3, 0.4) is 0 Å². The molecule has 1 fully saturated rings. The molecule has 4 heteroatoms. The molecule has 1 aromatic rings. The number of nitrogens with zero attached hydrogens (tertiary/aromatic N) is 1. The van der Waals surface area contributed by atoms with Crippen molar-refractivity contribution in [3.05, 3.63) is 34.1 Å². The maximum Gasteiger partial charge on any atom is 0.256 e. The van der Waals surface area contributed by atoms with Gasteiger partial charge in [-0.05, 0) is 34.5 Å². The Morgan fingerprint density at radius 1 is 1.43 bits per heavy atom. The molecule has 0 bridgehead atoms. The van der Waals surface area contributed by atoms with Gasteiger partial charge in [-0.3, -0.25) is 4.79 Å². The van der Waals surface area contributed by atoms with Crippen molar-refractivity contribution < 1.29 is 9.18 Å². The van der Waals surface area contributed by atoms with Gasteiger partial charge >= 0.3 is 0 Å². The molecule has 1 amide bonds. The minimum atomic E-state index is -0.468. The number of hydrogen-bond acceptors (Lipinski definition) is 1. The second-order valence-corrected chi connectivity index (χ2v) is 4.10. The highest BCUT2D eigenvalue weighted by molar-refractivity contribution is 9.10. The molecule has 0 atom stereocenters. The topological polar surface area (TPSA) is 20.3 Å². The molecule has 1 aliphatic heterocycles. The quantitative estimate of drug-likeness (QED) is 0.757. The molecule has 0 spiro atoms. The van der Waals surface area contributed by atoms with Crippen LogP contribution in [0.2, 0.25) is 0 Å². The van der Waals surface area contributed by atoms with Crippen molar-refractivity contribution in [2.75, 3.05) is 13.1 Å². The van der Waals surface area contributed by atoms with Crippen molar-refractivity contribution in [2.45, 2.75) is 6.42 Å². The summed E-state index contributed by atoms with van der Waals surface area (Å²) < 4.78 is 13.8. The van der Waals surface area contributed by atoms with Crippen LogP contribution in [0, 0.1) is 5.82 Å². The summed E-state index contributed by atoms with van der Waals surface area (Å²) in [7, 11) is 0. The van der Waals surface area contributed by atoms with Gasteiger partial charge in [0.25, 0.3) is 5.91 Å². The second kappa shape index (κ2) is 3.69. The van der Waals surface area contributed by atoms with Crippen molar-refractivity contribution in [1.29, 1.82) is 0 Å². The molecule has 0 aromatic heterocycles. The Labute approximate surface area is 89.8 Å². The van der Waals surface area contributed by atoms with Crippen LogP contribution in [0.5, 0.6) is 0 Å². The highest BCUT2D eigenvalue weighted by Crippen LogP contribution is 2.21. The zero-order valence-electron chi connectivity index (χ0n) is 7.46. The Morgan fingerprint density at radius 2 is 2.14 bits per heavy atom. The summed E-state index contributed by atoms with van der Waals surface area (Å²) in [5, 5.41) is 0. The number of amides is 1. The van der Waals surface area contributed by atoms with E-state index in [-0.39, 0.29) is 11.5 Å². The predicted molar refractivity (Wildman–Crippen MR) is 54.6 cm³/mol. The van der Waals surface area contributed by atoms with E-state index in [0.29, 0.717) is 4.47 Å². The summed E-state index contributed by atoms with van der Waals surface area (Å²) in [5.41, 5.74) is 0.152. The van der Waals surface area contributed by atoms with Crippen LogP contribution in [-0.2, 0) is 0 Å². The van der Waals surface area contributed by atoms with Gasteiger partial charge in [0.15, 0.2) is 0 Å². The zero-order valence-corrected chi connectivity index (χ0v) is 9.05. The van der Waals surface area contributed by atoms with E-state index >= 15 is 0 Å². The first-order chi connectivity index (χ1) is 6.70. The monoisotopic (exact) mass is 257 g/mol. The standard InChI is InChI=1S/C10H9BrFNO/c11-8-4-1-3-7(9(8)12)10(14)13-5-2-6-13/h1,3-4H,2,5-6H2. The van der Waals surface area contributed by atoms with Crippen molar-refractivity contribution in [3.8, 4) is 0 Å². The highest BCUT2D eigenvalue weighted by Gasteiger charge is 2.24. The maximum absolute atomic E-state index is 13.5. The van der Waals surface area contributed by atoms with Crippen LogP contribution >= 0.6 is 15.9 Å². The molecule has 2 nitrogen and oxygen atoms in total. The third kappa shape index (κ3) is 1.54. The Hall–Kier alpha value is -0.900. The van der Waals surface area contributed by atoms with Gasteiger partial charge in [0.1, 0.15) is 5.82 Å². The molecule has 74 valence electrons. The number of carbonyl (C=O) groups is 1. The predicted octanol–water partition coefficient (Wildman–Crippen LogP) is 2.43. The van der Waals surface area contributed by atoms with Crippen LogP contribution in [0.15, 0.2) is 22.7 Å². The SMILES string of the molecule is O=C(c1cccc(Br)c1F)N1CCC1. The first-order valence-corrected chi connectivity index (χ1v) is 5.23. The Morgan fingerprint density at radius 3 is 2.71 bits per heavy atom. The smallest absolute Gasteiger partial charge is 0.256 e. The van der Waals surface area contributed by atoms with Gasteiger partial charge in [-0.25, -0.2) is 4.39 Å². The number of rotatable bonds is 1. The van der Waals surface area contributed by atoms with Crippen LogP contribution in [0.25, 0.3) is 0 Å². The summed E-state index contributed by atoms with van der Waals surface area (Å²) in [4.78, 5) is 13.3. The van der Waals surface area contributed by atoms with E-state index in [2.05, 4.69) is 15.9 Å². The summed E-state index contributed by atoms with van der Waals surface area (Å²) in [6.07, 6.45) is 1.02. The summed E-state index contributed by atoms with van der Waals surface area (Å²) in [6.45, 7) is 1.48. The number of likely N-dealkylation sites (tertiary alicyclic amines) is 1. The van der Waals surface area contributed by atoms with Gasteiger partial charge in [0.2, 0.25) is 0 Å². The summed E-state index contributed by atoms with van der Waals surface area (Å²) >= 11 is 3.06. The van der Waals surface area contributed by atoms with Crippen molar-refractivity contribution in [3.63, 3.8) is 0 Å². The average molecular weight is 258 g/mol. The molecule has 2 rings (SSSR count). The van der Waals surface area contributed by atoms with E-state index in [9.17, 15) is 9.18 Å². The van der Waals surface area contributed by atoms with E-state index in [4.69, 9.17) is 0 Å². The Balaban J connectivity index is 2.31. The van der Waals surface area contributed by atoms with Crippen molar-refractivity contribution in [2.24, 2.45) is 0 Å². The van der Waals surface area contributed by atoms with Gasteiger partial charge < -0.3 is 4.90 Å². The molecule has 1 aliphatic rings. The number of benzene rings is 1. The third-order valence-electron chi connectivity index (χ3n) is 2.33. The maximum atomic E-state index is 13.5. The van der Waals surface area contributed by atoms with Gasteiger partial charge in [-0.15, -0.1) is 0 Å². The van der Waals surface area contributed by atoms with Crippen molar-refractivity contribution >= 4 is 21.8 Å². The third-order valence-corrected chi connectivity index (χ3v) is 2.94. The minimum Gasteiger partial charge on any atom is -0.338 e. The molecule has 0 saturated carbocycles. The van der Waals surface area contributed by atoms with E-state index in [1.165, 1.54) is 6.07 Å². The lowest BCUT2D eigenvalue weighted by atomic mass is 10.1. The van der Waals surface area contributed by atoms with Crippen LogP contribution in [0.1, 0.15) is 16.8 Å². The summed E-state index contributed by atoms with van der Waals surface area (Å²) in [5.74, 6) is -0.681. The number of halogens is 2. The van der Waals surface area contributed by atoms with Crippen LogP contribution < -0.4 is 0 Å². The van der Waals surface area contributed by atoms with E-state index in [1.54, 1.807) is 17.0 Å². The van der Waals surface area contributed by atoms with Crippen molar-refractivity contribution in [1.82, 2.24) is 4.90 Å². The van der Waals surface area contributed by atoms with E-state index in [1.807, 2.05) is 0 Å². The molecule has 14 heavy (non-hydrogen) atoms. The van der Waals surface area contributed by atoms with Crippen LogP contribution in [0.4, 0.5) is 4.39 Å². The minimum absolute atomic E-state index is 0.152. The molecule has 0 N–H and O–H groups in total. The largest absolute Gasteiger partial charge is 0.338 e. The van der Waals surface area contributed by atoms with Crippen LogP contribution in [-0.4, -0.2) is 23.9 Å². The summed E-state index contributed by atoms with van der Waals surface area (Å²) in [6, 6.07) is 4.77. The molecular formula is C10H9BrFNO. The molecular weight excluding hydrogens is 249 g/mol. The molecule has 1 saturated heterocycles. The fraction of sp³-hybridized carbons (Fsp3) is 0.300. The van der Waals surface area contributed by atoms with Gasteiger partial charge in [-0.2, -0.15) is 0 Å². The first kappa shape index (κ1) is 9.65. The highest BCUT2D eigenvalue weighted by atomic mass is 79.9. The molecule has 1 aromatic carbocycles. The number of carbonyl (C=O) groups excluding carboxylic acids is 1. The molecule has 0 aliphatic carbocycles. The zero-order chi connectivity index (χ0) is 10.1. The number of hydrogen-bond donors (Lipinski definition) is 0. The van der Waals surface area contributed by atoms with E-state index in [0.717, 1.165) is 19.5 Å². The fourth-order valence-electron chi connectivity index (χ4n) is 1.36. The Bertz CT molecular complexity index is 376. The fourth-order valence-corrected chi connectivity index (χ4v) is 1.72. The second-order valence-electron chi connectivity index (χ2n) is 3.25. The molecule has 0 radical (unpaired) electrons. The lowest BCUT2D eigenvalue weighted by Gasteiger charge is -2.31. The Kier molecular flexibility index (Phi) is 2.54. The van der Waals surface area contributed by atoms with Gasteiger partial charge in [-0.1, -0.05) is 6.07 Å². The normalized spacial score (nSPS) is 15.1. The average Bonchev–Trinajstić information content (AvgIpc) is 2.06. The molecule has 1 heterocycles.